The van der Waals surface area contributed by atoms with Crippen molar-refractivity contribution in [3.8, 4) is 0 Å². The summed E-state index contributed by atoms with van der Waals surface area (Å²) in [5.74, 6) is -0.690. The number of fused-ring (bicyclic) bond motifs is 1. The third-order valence-corrected chi connectivity index (χ3v) is 7.10. The summed E-state index contributed by atoms with van der Waals surface area (Å²) in [6.45, 7) is 6.82. The molecule has 2 aromatic carbocycles. The van der Waals surface area contributed by atoms with Crippen molar-refractivity contribution in [2.75, 3.05) is 31.1 Å². The first-order valence-electron chi connectivity index (χ1n) is 12.6. The van der Waals surface area contributed by atoms with Crippen LogP contribution >= 0.6 is 11.6 Å². The quantitative estimate of drug-likeness (QED) is 0.472. The maximum Gasteiger partial charge on any atom is 0.258 e. The molecule has 2 amide bonds. The number of pyridine rings is 1. The topological polar surface area (TPSA) is 56.8 Å². The highest BCUT2D eigenvalue weighted by molar-refractivity contribution is 6.31. The number of carbonyl (C=O) groups excluding carboxylic acids is 2. The minimum absolute atomic E-state index is 0.0988. The van der Waals surface area contributed by atoms with Gasteiger partial charge in [0.15, 0.2) is 0 Å². The molecule has 4 rings (SSSR count). The summed E-state index contributed by atoms with van der Waals surface area (Å²) in [4.78, 5) is 36.9. The molecule has 6 nitrogen and oxygen atoms in total. The molecule has 1 aromatic heterocycles. The van der Waals surface area contributed by atoms with Gasteiger partial charge in [0.2, 0.25) is 5.91 Å². The largest absolute Gasteiger partial charge is 0.337 e. The molecule has 37 heavy (non-hydrogen) atoms. The van der Waals surface area contributed by atoms with Crippen molar-refractivity contribution < 1.29 is 14.0 Å². The predicted molar refractivity (Wildman–Crippen MR) is 144 cm³/mol. The van der Waals surface area contributed by atoms with Crippen LogP contribution in [0.2, 0.25) is 5.02 Å². The van der Waals surface area contributed by atoms with E-state index in [1.807, 2.05) is 18.2 Å². The van der Waals surface area contributed by atoms with Gasteiger partial charge in [0.05, 0.1) is 6.42 Å². The Morgan fingerprint density at radius 3 is 2.49 bits per heavy atom. The number of halogens is 2. The van der Waals surface area contributed by atoms with Crippen LogP contribution in [0.25, 0.3) is 0 Å². The van der Waals surface area contributed by atoms with E-state index in [4.69, 9.17) is 11.6 Å². The first kappa shape index (κ1) is 26.8. The van der Waals surface area contributed by atoms with Crippen LogP contribution in [-0.2, 0) is 17.8 Å². The van der Waals surface area contributed by atoms with Crippen LogP contribution in [0.15, 0.2) is 67.0 Å². The molecule has 0 saturated heterocycles. The summed E-state index contributed by atoms with van der Waals surface area (Å²) in [5.41, 5.74) is 2.45. The fourth-order valence-corrected chi connectivity index (χ4v) is 4.85. The Kier molecular flexibility index (Phi) is 8.90. The van der Waals surface area contributed by atoms with Crippen LogP contribution in [0.5, 0.6) is 0 Å². The zero-order valence-electron chi connectivity index (χ0n) is 21.2. The minimum Gasteiger partial charge on any atom is -0.337 e. The van der Waals surface area contributed by atoms with E-state index in [1.54, 1.807) is 46.5 Å². The van der Waals surface area contributed by atoms with Crippen molar-refractivity contribution >= 4 is 29.1 Å². The first-order chi connectivity index (χ1) is 17.8. The summed E-state index contributed by atoms with van der Waals surface area (Å²) in [7, 11) is 0. The van der Waals surface area contributed by atoms with Crippen LogP contribution in [0.4, 0.5) is 10.1 Å². The smallest absolute Gasteiger partial charge is 0.258 e. The van der Waals surface area contributed by atoms with Gasteiger partial charge in [-0.25, -0.2) is 4.39 Å². The first-order valence-corrected chi connectivity index (χ1v) is 13.0. The predicted octanol–water partition coefficient (Wildman–Crippen LogP) is 5.21. The van der Waals surface area contributed by atoms with Gasteiger partial charge in [0.25, 0.3) is 5.91 Å². The van der Waals surface area contributed by atoms with Gasteiger partial charge < -0.3 is 9.80 Å². The van der Waals surface area contributed by atoms with Crippen molar-refractivity contribution in [1.82, 2.24) is 14.8 Å². The van der Waals surface area contributed by atoms with E-state index in [9.17, 15) is 14.0 Å². The third-order valence-electron chi connectivity index (χ3n) is 6.73. The van der Waals surface area contributed by atoms with Gasteiger partial charge >= 0.3 is 0 Å². The Balaban J connectivity index is 1.72. The molecule has 0 atom stereocenters. The Hall–Kier alpha value is -3.29. The summed E-state index contributed by atoms with van der Waals surface area (Å²) in [5, 5.41) is 0.540. The number of rotatable bonds is 4. The zero-order valence-corrected chi connectivity index (χ0v) is 22.0. The van der Waals surface area contributed by atoms with Gasteiger partial charge in [-0.15, -0.1) is 0 Å². The second kappa shape index (κ2) is 12.3. The summed E-state index contributed by atoms with van der Waals surface area (Å²) < 4.78 is 14.5. The van der Waals surface area contributed by atoms with Crippen LogP contribution in [-0.4, -0.2) is 58.8 Å². The number of amides is 2. The van der Waals surface area contributed by atoms with Gasteiger partial charge in [-0.05, 0) is 67.8 Å². The molecule has 0 bridgehead atoms. The zero-order chi connectivity index (χ0) is 26.4. The highest BCUT2D eigenvalue weighted by atomic mass is 35.5. The minimum atomic E-state index is -0.410. The van der Waals surface area contributed by atoms with Crippen molar-refractivity contribution in [3.05, 3.63) is 94.5 Å². The fourth-order valence-electron chi connectivity index (χ4n) is 4.65. The maximum atomic E-state index is 14.5. The second-order valence-electron chi connectivity index (χ2n) is 9.53. The van der Waals surface area contributed by atoms with E-state index in [1.165, 1.54) is 12.1 Å². The number of anilines is 1. The lowest BCUT2D eigenvalue weighted by atomic mass is 10.1. The number of aromatic nitrogens is 1. The molecular formula is C29H32ClFN4O2. The van der Waals surface area contributed by atoms with E-state index in [2.05, 4.69) is 23.7 Å². The van der Waals surface area contributed by atoms with Crippen LogP contribution in [0.1, 0.15) is 41.8 Å². The van der Waals surface area contributed by atoms with Gasteiger partial charge in [-0.3, -0.25) is 19.5 Å². The number of hydrogen-bond acceptors (Lipinski definition) is 4. The average Bonchev–Trinajstić information content (AvgIpc) is 2.92. The number of hydrogen-bond donors (Lipinski definition) is 0. The molecule has 0 N–H and O–H groups in total. The van der Waals surface area contributed by atoms with E-state index < -0.39 is 5.82 Å². The molecule has 3 aromatic rings. The SMILES string of the molecule is CC(C)N1CCCN(C(=O)c2ccncc2)c2ccc(F)cc2CN(C(=O)Cc2ccccc2Cl)CC1. The summed E-state index contributed by atoms with van der Waals surface area (Å²) >= 11 is 6.34. The van der Waals surface area contributed by atoms with Crippen molar-refractivity contribution in [1.29, 1.82) is 0 Å². The molecule has 0 spiro atoms. The molecule has 0 saturated carbocycles. The third kappa shape index (κ3) is 6.73. The molecule has 0 unspecified atom stereocenters. The van der Waals surface area contributed by atoms with E-state index in [-0.39, 0.29) is 30.8 Å². The highest BCUT2D eigenvalue weighted by Gasteiger charge is 2.25. The Morgan fingerprint density at radius 2 is 1.76 bits per heavy atom. The lowest BCUT2D eigenvalue weighted by Gasteiger charge is -2.30. The lowest BCUT2D eigenvalue weighted by molar-refractivity contribution is -0.131. The number of carbonyl (C=O) groups is 2. The molecule has 0 aliphatic carbocycles. The molecular weight excluding hydrogens is 491 g/mol. The average molecular weight is 523 g/mol. The molecule has 194 valence electrons. The molecule has 8 heteroatoms. The van der Waals surface area contributed by atoms with Crippen LogP contribution in [0, 0.1) is 5.82 Å². The van der Waals surface area contributed by atoms with Crippen molar-refractivity contribution in [2.45, 2.75) is 39.3 Å². The van der Waals surface area contributed by atoms with E-state index in [0.29, 0.717) is 41.5 Å². The lowest BCUT2D eigenvalue weighted by Crippen LogP contribution is -2.42. The maximum absolute atomic E-state index is 14.5. The monoisotopic (exact) mass is 522 g/mol. The molecule has 0 fully saturated rings. The van der Waals surface area contributed by atoms with Crippen molar-refractivity contribution in [3.63, 3.8) is 0 Å². The molecule has 1 aliphatic heterocycles. The summed E-state index contributed by atoms with van der Waals surface area (Å²) in [6.07, 6.45) is 4.05. The Labute approximate surface area is 222 Å². The van der Waals surface area contributed by atoms with Gasteiger partial charge in [0.1, 0.15) is 5.82 Å². The Morgan fingerprint density at radius 1 is 1.00 bits per heavy atom. The highest BCUT2D eigenvalue weighted by Crippen LogP contribution is 2.27. The van der Waals surface area contributed by atoms with Gasteiger partial charge in [-0.1, -0.05) is 29.8 Å². The standard InChI is InChI=1S/C29H32ClFN4O2/c1-21(2)33-14-5-15-35(29(37)22-10-12-32-13-11-22)27-9-8-25(31)18-24(27)20-34(17-16-33)28(36)19-23-6-3-4-7-26(23)30/h3-4,6-13,18,21H,5,14-17,19-20H2,1-2H3. The number of nitrogens with zero attached hydrogens (tertiary/aromatic N) is 4. The van der Waals surface area contributed by atoms with Crippen LogP contribution < -0.4 is 4.90 Å². The van der Waals surface area contributed by atoms with Gasteiger partial charge in [-0.2, -0.15) is 0 Å². The second-order valence-corrected chi connectivity index (χ2v) is 9.94. The molecule has 2 heterocycles. The van der Waals surface area contributed by atoms with Gasteiger partial charge in [0, 0.05) is 67.4 Å². The molecule has 1 aliphatic rings. The normalized spacial score (nSPS) is 15.3. The Bertz CT molecular complexity index is 1240. The molecule has 0 radical (unpaired) electrons. The van der Waals surface area contributed by atoms with Crippen molar-refractivity contribution in [2.24, 2.45) is 0 Å². The van der Waals surface area contributed by atoms with E-state index >= 15 is 0 Å². The number of benzene rings is 2. The van der Waals surface area contributed by atoms with Crippen LogP contribution in [0.3, 0.4) is 0 Å². The van der Waals surface area contributed by atoms with E-state index in [0.717, 1.165) is 18.5 Å². The fraction of sp³-hybridized carbons (Fsp3) is 0.345. The summed E-state index contributed by atoms with van der Waals surface area (Å²) in [6, 6.07) is 15.3.